The molecule has 17 heavy (non-hydrogen) atoms. The van der Waals surface area contributed by atoms with Gasteiger partial charge in [-0.05, 0) is 6.92 Å². The van der Waals surface area contributed by atoms with E-state index in [9.17, 15) is 4.79 Å². The molecule has 1 heterocycles. The average Bonchev–Trinajstić information content (AvgIpc) is 3.11. The molecule has 1 rings (SSSR count). The van der Waals surface area contributed by atoms with E-state index in [0.29, 0.717) is 45.7 Å². The summed E-state index contributed by atoms with van der Waals surface area (Å²) in [5.41, 5.74) is 0. The summed E-state index contributed by atoms with van der Waals surface area (Å²) in [5, 5.41) is 0. The minimum atomic E-state index is -0.347. The number of epoxide rings is 1. The Balaban J connectivity index is 1.70. The lowest BCUT2D eigenvalue weighted by Gasteiger charge is -2.05. The van der Waals surface area contributed by atoms with Crippen LogP contribution >= 0.6 is 0 Å². The van der Waals surface area contributed by atoms with Gasteiger partial charge in [0.1, 0.15) is 12.7 Å². The number of hydrogen-bond acceptors (Lipinski definition) is 6. The van der Waals surface area contributed by atoms with Crippen LogP contribution in [-0.4, -0.2) is 64.9 Å². The van der Waals surface area contributed by atoms with Crippen molar-refractivity contribution in [3.63, 3.8) is 0 Å². The van der Waals surface area contributed by atoms with Crippen molar-refractivity contribution in [2.75, 3.05) is 52.9 Å². The van der Waals surface area contributed by atoms with Crippen LogP contribution < -0.4 is 0 Å². The first kappa shape index (κ1) is 14.4. The maximum Gasteiger partial charge on any atom is 0.332 e. The summed E-state index contributed by atoms with van der Waals surface area (Å²) in [7, 11) is 0. The van der Waals surface area contributed by atoms with Gasteiger partial charge >= 0.3 is 5.97 Å². The Morgan fingerprint density at radius 1 is 1.18 bits per heavy atom. The van der Waals surface area contributed by atoms with Gasteiger partial charge in [-0.1, -0.05) is 0 Å². The second kappa shape index (κ2) is 9.35. The summed E-state index contributed by atoms with van der Waals surface area (Å²) in [6.45, 7) is 5.47. The van der Waals surface area contributed by atoms with Crippen LogP contribution in [0.15, 0.2) is 0 Å². The zero-order valence-corrected chi connectivity index (χ0v) is 10.2. The van der Waals surface area contributed by atoms with E-state index in [1.54, 1.807) is 6.92 Å². The molecule has 1 fully saturated rings. The van der Waals surface area contributed by atoms with E-state index in [1.165, 1.54) is 0 Å². The number of carbonyl (C=O) groups excluding carboxylic acids is 1. The molecule has 1 aliphatic rings. The maximum atomic E-state index is 10.9. The number of ether oxygens (including phenoxy) is 5. The number of carbonyl (C=O) groups is 1. The largest absolute Gasteiger partial charge is 0.464 e. The van der Waals surface area contributed by atoms with Gasteiger partial charge < -0.3 is 23.7 Å². The third kappa shape index (κ3) is 9.05. The standard InChI is InChI=1S/C11H20O6/c1-2-16-11(12)9-15-6-4-13-3-5-14-7-10-8-17-10/h10H,2-9H2,1H3. The molecule has 6 nitrogen and oxygen atoms in total. The zero-order valence-electron chi connectivity index (χ0n) is 10.2. The summed E-state index contributed by atoms with van der Waals surface area (Å²) in [6, 6.07) is 0. The van der Waals surface area contributed by atoms with Crippen LogP contribution in [0.25, 0.3) is 0 Å². The molecule has 1 saturated heterocycles. The molecule has 0 aromatic carbocycles. The predicted molar refractivity (Wildman–Crippen MR) is 58.8 cm³/mol. The van der Waals surface area contributed by atoms with E-state index in [1.807, 2.05) is 0 Å². The highest BCUT2D eigenvalue weighted by Crippen LogP contribution is 2.07. The Bertz CT molecular complexity index is 204. The number of rotatable bonds is 11. The molecule has 6 heteroatoms. The van der Waals surface area contributed by atoms with E-state index in [-0.39, 0.29) is 12.6 Å². The van der Waals surface area contributed by atoms with Crippen LogP contribution in [0.3, 0.4) is 0 Å². The Kier molecular flexibility index (Phi) is 7.91. The minimum Gasteiger partial charge on any atom is -0.464 e. The third-order valence-corrected chi connectivity index (χ3v) is 1.98. The minimum absolute atomic E-state index is 0.0211. The first-order valence-corrected chi connectivity index (χ1v) is 5.83. The Hall–Kier alpha value is -0.690. The predicted octanol–water partition coefficient (Wildman–Crippen LogP) is -0.00190. The molecule has 0 aliphatic carbocycles. The lowest BCUT2D eigenvalue weighted by Crippen LogP contribution is -2.16. The van der Waals surface area contributed by atoms with Crippen LogP contribution in [0, 0.1) is 0 Å². The quantitative estimate of drug-likeness (QED) is 0.291. The first-order valence-electron chi connectivity index (χ1n) is 5.83. The van der Waals surface area contributed by atoms with Gasteiger partial charge in [-0.2, -0.15) is 0 Å². The Morgan fingerprint density at radius 3 is 2.47 bits per heavy atom. The van der Waals surface area contributed by atoms with Crippen molar-refractivity contribution in [1.29, 1.82) is 0 Å². The summed E-state index contributed by atoms with van der Waals surface area (Å²) >= 11 is 0. The average molecular weight is 248 g/mol. The van der Waals surface area contributed by atoms with Gasteiger partial charge in [-0.3, -0.25) is 0 Å². The van der Waals surface area contributed by atoms with Crippen LogP contribution in [0.4, 0.5) is 0 Å². The van der Waals surface area contributed by atoms with Gasteiger partial charge in [0.25, 0.3) is 0 Å². The van der Waals surface area contributed by atoms with Crippen molar-refractivity contribution in [2.24, 2.45) is 0 Å². The molecule has 0 bridgehead atoms. The molecule has 0 aromatic heterocycles. The summed E-state index contributed by atoms with van der Waals surface area (Å²) in [4.78, 5) is 10.9. The van der Waals surface area contributed by atoms with Gasteiger partial charge in [0, 0.05) is 0 Å². The van der Waals surface area contributed by atoms with E-state index in [0.717, 1.165) is 6.61 Å². The molecule has 0 aromatic rings. The number of esters is 1. The van der Waals surface area contributed by atoms with Crippen molar-refractivity contribution in [2.45, 2.75) is 13.0 Å². The van der Waals surface area contributed by atoms with E-state index in [2.05, 4.69) is 0 Å². The van der Waals surface area contributed by atoms with Gasteiger partial charge in [0.2, 0.25) is 0 Å². The van der Waals surface area contributed by atoms with Crippen LogP contribution in [-0.2, 0) is 28.5 Å². The molecule has 1 aliphatic heterocycles. The Morgan fingerprint density at radius 2 is 1.82 bits per heavy atom. The van der Waals surface area contributed by atoms with E-state index >= 15 is 0 Å². The van der Waals surface area contributed by atoms with Crippen molar-refractivity contribution in [3.8, 4) is 0 Å². The highest BCUT2D eigenvalue weighted by Gasteiger charge is 2.21. The molecule has 0 saturated carbocycles. The summed E-state index contributed by atoms with van der Waals surface area (Å²) in [6.07, 6.45) is 0.294. The molecule has 0 amide bonds. The van der Waals surface area contributed by atoms with Crippen LogP contribution in [0.1, 0.15) is 6.92 Å². The molecule has 0 N–H and O–H groups in total. The van der Waals surface area contributed by atoms with E-state index in [4.69, 9.17) is 23.7 Å². The topological polar surface area (TPSA) is 66.5 Å². The van der Waals surface area contributed by atoms with Crippen LogP contribution in [0.2, 0.25) is 0 Å². The summed E-state index contributed by atoms with van der Waals surface area (Å²) < 4.78 is 25.2. The van der Waals surface area contributed by atoms with Crippen molar-refractivity contribution < 1.29 is 28.5 Å². The lowest BCUT2D eigenvalue weighted by molar-refractivity contribution is -0.148. The van der Waals surface area contributed by atoms with Gasteiger partial charge in [-0.15, -0.1) is 0 Å². The van der Waals surface area contributed by atoms with Gasteiger partial charge in [0.05, 0.1) is 46.2 Å². The number of hydrogen-bond donors (Lipinski definition) is 0. The van der Waals surface area contributed by atoms with Gasteiger partial charge in [0.15, 0.2) is 0 Å². The van der Waals surface area contributed by atoms with Crippen molar-refractivity contribution >= 4 is 5.97 Å². The normalized spacial score (nSPS) is 18.1. The second-order valence-electron chi connectivity index (χ2n) is 3.50. The van der Waals surface area contributed by atoms with Gasteiger partial charge in [-0.25, -0.2) is 4.79 Å². The highest BCUT2D eigenvalue weighted by molar-refractivity contribution is 5.70. The monoisotopic (exact) mass is 248 g/mol. The molecule has 0 radical (unpaired) electrons. The van der Waals surface area contributed by atoms with Crippen molar-refractivity contribution in [1.82, 2.24) is 0 Å². The lowest BCUT2D eigenvalue weighted by atomic mass is 10.5. The molecule has 100 valence electrons. The first-order chi connectivity index (χ1) is 8.33. The SMILES string of the molecule is CCOC(=O)COCCOCCOCC1CO1. The third-order valence-electron chi connectivity index (χ3n) is 1.98. The fourth-order valence-corrected chi connectivity index (χ4v) is 1.07. The second-order valence-corrected chi connectivity index (χ2v) is 3.50. The van der Waals surface area contributed by atoms with Crippen molar-refractivity contribution in [3.05, 3.63) is 0 Å². The molecule has 0 spiro atoms. The zero-order chi connectivity index (χ0) is 12.3. The molecule has 1 unspecified atom stereocenters. The molecular weight excluding hydrogens is 228 g/mol. The molecular formula is C11H20O6. The summed E-state index contributed by atoms with van der Waals surface area (Å²) in [5.74, 6) is -0.347. The smallest absolute Gasteiger partial charge is 0.332 e. The van der Waals surface area contributed by atoms with Crippen LogP contribution in [0.5, 0.6) is 0 Å². The fourth-order valence-electron chi connectivity index (χ4n) is 1.07. The Labute approximate surface area is 101 Å². The highest BCUT2D eigenvalue weighted by atomic mass is 16.6. The fraction of sp³-hybridized carbons (Fsp3) is 0.909. The van der Waals surface area contributed by atoms with E-state index < -0.39 is 0 Å². The maximum absolute atomic E-state index is 10.9. The molecule has 1 atom stereocenters.